The largest absolute Gasteiger partial charge is 0.478 e. The fourth-order valence-electron chi connectivity index (χ4n) is 1.80. The number of thiazole rings is 1. The lowest BCUT2D eigenvalue weighted by atomic mass is 10.1. The Labute approximate surface area is 119 Å². The van der Waals surface area contributed by atoms with Crippen LogP contribution in [0.5, 0.6) is 0 Å². The molecule has 1 atom stereocenters. The summed E-state index contributed by atoms with van der Waals surface area (Å²) in [7, 11) is 0. The zero-order valence-electron chi connectivity index (χ0n) is 10.8. The van der Waals surface area contributed by atoms with Crippen LogP contribution in [0.25, 0.3) is 0 Å². The highest BCUT2D eigenvalue weighted by Crippen LogP contribution is 2.26. The number of aromatic nitrogens is 1. The maximum atomic E-state index is 13.3. The lowest BCUT2D eigenvalue weighted by Gasteiger charge is -2.14. The molecule has 5 nitrogen and oxygen atoms in total. The molecule has 20 heavy (non-hydrogen) atoms. The highest BCUT2D eigenvalue weighted by Gasteiger charge is 2.18. The average molecular weight is 295 g/mol. The molecule has 0 aliphatic heterocycles. The lowest BCUT2D eigenvalue weighted by Crippen LogP contribution is -2.14. The summed E-state index contributed by atoms with van der Waals surface area (Å²) in [6, 6.07) is 2.53. The van der Waals surface area contributed by atoms with Gasteiger partial charge in [-0.05, 0) is 12.1 Å². The number of halogens is 1. The molecule has 0 saturated heterocycles. The van der Waals surface area contributed by atoms with Gasteiger partial charge in [0.1, 0.15) is 11.4 Å². The normalized spacial score (nSPS) is 12.1. The second kappa shape index (κ2) is 5.87. The van der Waals surface area contributed by atoms with Gasteiger partial charge < -0.3 is 16.2 Å². The van der Waals surface area contributed by atoms with Gasteiger partial charge in [-0.25, -0.2) is 14.2 Å². The number of anilines is 2. The van der Waals surface area contributed by atoms with Crippen LogP contribution in [0.3, 0.4) is 0 Å². The van der Waals surface area contributed by atoms with E-state index in [9.17, 15) is 9.18 Å². The fourth-order valence-corrected chi connectivity index (χ4v) is 2.50. The van der Waals surface area contributed by atoms with Crippen molar-refractivity contribution in [2.24, 2.45) is 0 Å². The molecule has 0 bridgehead atoms. The Hall–Kier alpha value is -2.15. The Kier molecular flexibility index (Phi) is 4.19. The Bertz CT molecular complexity index is 616. The molecule has 1 heterocycles. The standard InChI is InChI=1S/C13H14FN3O2S/c1-7(12-16-4-5-20-12)6-17-9-3-2-8(14)11(15)10(9)13(18)19/h2-5,7,17H,6,15H2,1H3,(H,18,19). The number of hydrogen-bond acceptors (Lipinski definition) is 5. The minimum Gasteiger partial charge on any atom is -0.478 e. The van der Waals surface area contributed by atoms with Crippen molar-refractivity contribution in [3.8, 4) is 0 Å². The van der Waals surface area contributed by atoms with Crippen LogP contribution < -0.4 is 11.1 Å². The van der Waals surface area contributed by atoms with E-state index in [1.54, 1.807) is 6.20 Å². The Morgan fingerprint density at radius 2 is 2.35 bits per heavy atom. The van der Waals surface area contributed by atoms with Gasteiger partial charge in [0.2, 0.25) is 0 Å². The number of nitrogens with one attached hydrogen (secondary N) is 1. The van der Waals surface area contributed by atoms with E-state index in [2.05, 4.69) is 10.3 Å². The molecule has 0 aliphatic rings. The van der Waals surface area contributed by atoms with E-state index >= 15 is 0 Å². The van der Waals surface area contributed by atoms with Gasteiger partial charge in [-0.2, -0.15) is 0 Å². The number of aromatic carboxylic acids is 1. The number of rotatable bonds is 5. The molecular formula is C13H14FN3O2S. The summed E-state index contributed by atoms with van der Waals surface area (Å²) in [5.41, 5.74) is 5.19. The summed E-state index contributed by atoms with van der Waals surface area (Å²) in [5.74, 6) is -1.88. The molecule has 2 rings (SSSR count). The van der Waals surface area contributed by atoms with Crippen molar-refractivity contribution in [3.63, 3.8) is 0 Å². The molecule has 0 fully saturated rings. The third-order valence-electron chi connectivity index (χ3n) is 2.88. The number of nitrogens with two attached hydrogens (primary N) is 1. The summed E-state index contributed by atoms with van der Waals surface area (Å²) in [6.45, 7) is 2.46. The average Bonchev–Trinajstić information content (AvgIpc) is 2.93. The number of carbonyl (C=O) groups is 1. The second-order valence-electron chi connectivity index (χ2n) is 4.34. The molecule has 1 aromatic carbocycles. The third-order valence-corrected chi connectivity index (χ3v) is 3.88. The van der Waals surface area contributed by atoms with Crippen molar-refractivity contribution in [2.75, 3.05) is 17.6 Å². The summed E-state index contributed by atoms with van der Waals surface area (Å²) in [5, 5.41) is 14.9. The van der Waals surface area contributed by atoms with E-state index in [1.807, 2.05) is 12.3 Å². The number of hydrogen-bond donors (Lipinski definition) is 3. The molecule has 1 unspecified atom stereocenters. The lowest BCUT2D eigenvalue weighted by molar-refractivity contribution is 0.0698. The van der Waals surface area contributed by atoms with Gasteiger partial charge in [0.05, 0.1) is 16.4 Å². The van der Waals surface area contributed by atoms with Crippen LogP contribution in [0.4, 0.5) is 15.8 Å². The Balaban J connectivity index is 2.18. The molecule has 106 valence electrons. The first kappa shape index (κ1) is 14.3. The molecule has 1 aromatic heterocycles. The van der Waals surface area contributed by atoms with Crippen molar-refractivity contribution in [3.05, 3.63) is 40.1 Å². The van der Waals surface area contributed by atoms with E-state index in [4.69, 9.17) is 10.8 Å². The number of nitrogens with zero attached hydrogens (tertiary/aromatic N) is 1. The molecule has 0 spiro atoms. The van der Waals surface area contributed by atoms with Gasteiger partial charge in [-0.15, -0.1) is 11.3 Å². The van der Waals surface area contributed by atoms with Crippen molar-refractivity contribution in [1.82, 2.24) is 4.98 Å². The third kappa shape index (κ3) is 2.88. The fraction of sp³-hybridized carbons (Fsp3) is 0.231. The highest BCUT2D eigenvalue weighted by atomic mass is 32.1. The molecule has 2 aromatic rings. The van der Waals surface area contributed by atoms with Crippen molar-refractivity contribution >= 4 is 28.7 Å². The first-order chi connectivity index (χ1) is 9.50. The van der Waals surface area contributed by atoms with E-state index in [-0.39, 0.29) is 17.2 Å². The predicted molar refractivity (Wildman–Crippen MR) is 76.8 cm³/mol. The zero-order valence-corrected chi connectivity index (χ0v) is 11.6. The van der Waals surface area contributed by atoms with Crippen LogP contribution in [-0.2, 0) is 0 Å². The first-order valence-corrected chi connectivity index (χ1v) is 6.83. The highest BCUT2D eigenvalue weighted by molar-refractivity contribution is 7.09. The molecule has 0 amide bonds. The molecular weight excluding hydrogens is 281 g/mol. The van der Waals surface area contributed by atoms with Crippen LogP contribution in [0, 0.1) is 5.82 Å². The zero-order chi connectivity index (χ0) is 14.7. The van der Waals surface area contributed by atoms with Crippen molar-refractivity contribution in [2.45, 2.75) is 12.8 Å². The van der Waals surface area contributed by atoms with Gasteiger partial charge in [0, 0.05) is 24.0 Å². The summed E-state index contributed by atoms with van der Waals surface area (Å²) < 4.78 is 13.3. The maximum Gasteiger partial charge on any atom is 0.340 e. The van der Waals surface area contributed by atoms with E-state index in [0.717, 1.165) is 11.1 Å². The molecule has 7 heteroatoms. The minimum absolute atomic E-state index is 0.114. The van der Waals surface area contributed by atoms with Crippen LogP contribution in [0.1, 0.15) is 28.2 Å². The van der Waals surface area contributed by atoms with Crippen LogP contribution >= 0.6 is 11.3 Å². The molecule has 0 saturated carbocycles. The van der Waals surface area contributed by atoms with Gasteiger partial charge in [-0.1, -0.05) is 6.92 Å². The van der Waals surface area contributed by atoms with Crippen LogP contribution in [0.15, 0.2) is 23.7 Å². The van der Waals surface area contributed by atoms with Gasteiger partial charge in [0.15, 0.2) is 0 Å². The second-order valence-corrected chi connectivity index (χ2v) is 5.27. The molecule has 4 N–H and O–H groups in total. The van der Waals surface area contributed by atoms with Crippen molar-refractivity contribution < 1.29 is 14.3 Å². The van der Waals surface area contributed by atoms with Gasteiger partial charge in [-0.3, -0.25) is 0 Å². The molecule has 0 radical (unpaired) electrons. The topological polar surface area (TPSA) is 88.2 Å². The van der Waals surface area contributed by atoms with Gasteiger partial charge in [0.25, 0.3) is 0 Å². The number of carboxylic acid groups (broad SMARTS) is 1. The van der Waals surface area contributed by atoms with Gasteiger partial charge >= 0.3 is 5.97 Å². The smallest absolute Gasteiger partial charge is 0.340 e. The first-order valence-electron chi connectivity index (χ1n) is 5.95. The maximum absolute atomic E-state index is 13.3. The predicted octanol–water partition coefficient (Wildman–Crippen LogP) is 2.78. The summed E-state index contributed by atoms with van der Waals surface area (Å²) in [4.78, 5) is 15.4. The number of nitrogen functional groups attached to an aromatic ring is 1. The summed E-state index contributed by atoms with van der Waals surface area (Å²) in [6.07, 6.45) is 1.72. The number of carboxylic acids is 1. The van der Waals surface area contributed by atoms with E-state index < -0.39 is 11.8 Å². The van der Waals surface area contributed by atoms with Crippen LogP contribution in [-0.4, -0.2) is 22.6 Å². The quantitative estimate of drug-likeness (QED) is 0.738. The monoisotopic (exact) mass is 295 g/mol. The molecule has 0 aliphatic carbocycles. The Morgan fingerprint density at radius 1 is 1.60 bits per heavy atom. The van der Waals surface area contributed by atoms with Crippen LogP contribution in [0.2, 0.25) is 0 Å². The van der Waals surface area contributed by atoms with E-state index in [1.165, 1.54) is 17.4 Å². The Morgan fingerprint density at radius 3 is 2.95 bits per heavy atom. The van der Waals surface area contributed by atoms with Crippen molar-refractivity contribution in [1.29, 1.82) is 0 Å². The number of benzene rings is 1. The minimum atomic E-state index is -1.26. The SMILES string of the molecule is CC(CNc1ccc(F)c(N)c1C(=O)O)c1nccs1. The summed E-state index contributed by atoms with van der Waals surface area (Å²) >= 11 is 1.53. The van der Waals surface area contributed by atoms with E-state index in [0.29, 0.717) is 12.2 Å².